The molecule has 1 N–H and O–H groups in total. The van der Waals surface area contributed by atoms with E-state index >= 15 is 4.39 Å². The molecule has 4 heterocycles. The Morgan fingerprint density at radius 3 is 2.49 bits per heavy atom. The molecular formula is C23H16ClF8N10O+. The number of pyridine rings is 1. The van der Waals surface area contributed by atoms with Crippen LogP contribution in [-0.2, 0) is 10.9 Å². The standard InChI is InChI=1S/C23H15ClF8N10O/c24-12-2-4-16(41-10-18(36-39-41)23(30,31)32)19(20(12)25)11-1-3-13(33-7-11)15(5-6-43-22(28)29)40-9-14(35-38-40)17-8-34-37-42(17)21(26)27/h1-4,7-10,15,21-22H,5-6H2/p+1/t15-/m0/s1. The van der Waals surface area contributed by atoms with Crippen LogP contribution in [0.1, 0.15) is 30.4 Å². The molecular weight excluding hydrogens is 620 g/mol. The van der Waals surface area contributed by atoms with Crippen LogP contribution < -0.4 is 4.68 Å². The Morgan fingerprint density at radius 1 is 1.05 bits per heavy atom. The van der Waals surface area contributed by atoms with Crippen molar-refractivity contribution in [3.63, 3.8) is 0 Å². The summed E-state index contributed by atoms with van der Waals surface area (Å²) in [6, 6.07) is 4.25. The van der Waals surface area contributed by atoms with E-state index in [1.807, 2.05) is 0 Å². The summed E-state index contributed by atoms with van der Waals surface area (Å²) < 4.78 is 113. The molecule has 20 heteroatoms. The van der Waals surface area contributed by atoms with Crippen molar-refractivity contribution in [3.05, 3.63) is 71.3 Å². The van der Waals surface area contributed by atoms with Crippen LogP contribution in [0.5, 0.6) is 0 Å². The molecule has 0 amide bonds. The molecule has 0 bridgehead atoms. The van der Waals surface area contributed by atoms with E-state index in [-0.39, 0.29) is 45.3 Å². The Labute approximate surface area is 239 Å². The highest BCUT2D eigenvalue weighted by molar-refractivity contribution is 6.31. The number of ether oxygens (including phenoxy) is 1. The summed E-state index contributed by atoms with van der Waals surface area (Å²) in [6.07, 6.45) is -0.797. The molecule has 5 aromatic rings. The van der Waals surface area contributed by atoms with Gasteiger partial charge in [-0.1, -0.05) is 33.3 Å². The van der Waals surface area contributed by atoms with E-state index in [1.54, 1.807) is 0 Å². The molecule has 1 aromatic carbocycles. The minimum absolute atomic E-state index is 0.0536. The number of halogens is 9. The molecule has 0 fully saturated rings. The topological polar surface area (TPSA) is 116 Å². The van der Waals surface area contributed by atoms with Gasteiger partial charge in [-0.3, -0.25) is 4.98 Å². The second kappa shape index (κ2) is 12.0. The molecule has 0 spiro atoms. The zero-order valence-electron chi connectivity index (χ0n) is 21.1. The van der Waals surface area contributed by atoms with Gasteiger partial charge in [0.2, 0.25) is 0 Å². The summed E-state index contributed by atoms with van der Waals surface area (Å²) in [7, 11) is 0. The van der Waals surface area contributed by atoms with Crippen molar-refractivity contribution < 1.29 is 44.5 Å². The Hall–Kier alpha value is -4.52. The zero-order valence-corrected chi connectivity index (χ0v) is 21.9. The highest BCUT2D eigenvalue weighted by Crippen LogP contribution is 2.33. The molecule has 11 nitrogen and oxygen atoms in total. The highest BCUT2D eigenvalue weighted by atomic mass is 35.5. The van der Waals surface area contributed by atoms with Crippen LogP contribution in [0.4, 0.5) is 35.1 Å². The van der Waals surface area contributed by atoms with Crippen LogP contribution in [0.2, 0.25) is 5.02 Å². The Kier molecular flexibility index (Phi) is 8.36. The minimum Gasteiger partial charge on any atom is -0.323 e. The van der Waals surface area contributed by atoms with E-state index in [2.05, 4.69) is 40.7 Å². The predicted octanol–water partition coefficient (Wildman–Crippen LogP) is 5.02. The molecule has 0 aliphatic carbocycles. The van der Waals surface area contributed by atoms with Crippen molar-refractivity contribution in [2.45, 2.75) is 31.8 Å². The fourth-order valence-electron chi connectivity index (χ4n) is 4.12. The molecule has 0 aliphatic rings. The number of aromatic nitrogens is 10. The molecule has 1 atom stereocenters. The maximum Gasteiger partial charge on any atom is 0.464 e. The van der Waals surface area contributed by atoms with Gasteiger partial charge in [0.1, 0.15) is 11.4 Å². The van der Waals surface area contributed by atoms with Crippen LogP contribution in [0.15, 0.2) is 49.1 Å². The van der Waals surface area contributed by atoms with Crippen molar-refractivity contribution >= 4 is 11.6 Å². The predicted molar refractivity (Wildman–Crippen MR) is 128 cm³/mol. The highest BCUT2D eigenvalue weighted by Gasteiger charge is 2.41. The lowest BCUT2D eigenvalue weighted by molar-refractivity contribution is -0.659. The second-order valence-corrected chi connectivity index (χ2v) is 9.09. The van der Waals surface area contributed by atoms with Gasteiger partial charge in [0.25, 0.3) is 0 Å². The SMILES string of the molecule is Fc1c(Cl)ccc(-[n+]2cc(C(F)(F)F)n[nH]2)c1-c1ccc([C@H](CCOC(F)F)n2cc(-c3cnnn3C(F)F)nn2)nc1. The second-order valence-electron chi connectivity index (χ2n) is 8.68. The van der Waals surface area contributed by atoms with Gasteiger partial charge < -0.3 is 4.74 Å². The van der Waals surface area contributed by atoms with Gasteiger partial charge in [-0.2, -0.15) is 35.4 Å². The third-order valence-corrected chi connectivity index (χ3v) is 6.35. The third-order valence-electron chi connectivity index (χ3n) is 6.06. The molecule has 0 saturated carbocycles. The lowest BCUT2D eigenvalue weighted by Crippen LogP contribution is -2.33. The van der Waals surface area contributed by atoms with Crippen molar-refractivity contribution in [2.24, 2.45) is 0 Å². The Bertz CT molecular complexity index is 1700. The van der Waals surface area contributed by atoms with Crippen LogP contribution in [0.25, 0.3) is 28.2 Å². The summed E-state index contributed by atoms with van der Waals surface area (Å²) in [5, 5.41) is 19.5. The average molecular weight is 636 g/mol. The van der Waals surface area contributed by atoms with Gasteiger partial charge in [0, 0.05) is 11.8 Å². The molecule has 43 heavy (non-hydrogen) atoms. The number of hydrogen-bond donors (Lipinski definition) is 1. The van der Waals surface area contributed by atoms with E-state index in [4.69, 9.17) is 11.6 Å². The van der Waals surface area contributed by atoms with E-state index in [1.165, 1.54) is 35.3 Å². The lowest BCUT2D eigenvalue weighted by atomic mass is 10.0. The van der Waals surface area contributed by atoms with E-state index in [0.717, 1.165) is 16.9 Å². The summed E-state index contributed by atoms with van der Waals surface area (Å²) >= 11 is 5.96. The number of aromatic amines is 1. The van der Waals surface area contributed by atoms with Gasteiger partial charge in [-0.05, 0) is 24.6 Å². The number of nitrogens with one attached hydrogen (secondary N) is 1. The maximum absolute atomic E-state index is 15.3. The minimum atomic E-state index is -4.77. The smallest absolute Gasteiger partial charge is 0.323 e. The first-order valence-electron chi connectivity index (χ1n) is 11.9. The largest absolute Gasteiger partial charge is 0.464 e. The van der Waals surface area contributed by atoms with Gasteiger partial charge in [0.15, 0.2) is 17.7 Å². The number of H-pyrrole nitrogens is 1. The lowest BCUT2D eigenvalue weighted by Gasteiger charge is -2.17. The van der Waals surface area contributed by atoms with Gasteiger partial charge in [0.05, 0.1) is 46.4 Å². The number of alkyl halides is 7. The Morgan fingerprint density at radius 2 is 1.84 bits per heavy atom. The number of nitrogens with zero attached hydrogens (tertiary/aromatic N) is 9. The fourth-order valence-corrected chi connectivity index (χ4v) is 4.27. The normalized spacial score (nSPS) is 12.9. The molecule has 0 aliphatic heterocycles. The quantitative estimate of drug-likeness (QED) is 0.169. The average Bonchev–Trinajstić information content (AvgIpc) is 3.73. The third kappa shape index (κ3) is 6.31. The number of hydrogen-bond acceptors (Lipinski definition) is 7. The molecule has 226 valence electrons. The fraction of sp³-hybridized carbons (Fsp3) is 0.261. The van der Waals surface area contributed by atoms with Crippen LogP contribution >= 0.6 is 11.6 Å². The molecule has 5 rings (SSSR count). The monoisotopic (exact) mass is 635 g/mol. The maximum atomic E-state index is 15.3. The first kappa shape index (κ1) is 30.0. The summed E-state index contributed by atoms with van der Waals surface area (Å²) in [6.45, 7) is -6.57. The van der Waals surface area contributed by atoms with Crippen LogP contribution in [-0.4, -0.2) is 58.5 Å². The first-order valence-corrected chi connectivity index (χ1v) is 12.3. The van der Waals surface area contributed by atoms with E-state index in [9.17, 15) is 30.7 Å². The van der Waals surface area contributed by atoms with E-state index in [0.29, 0.717) is 10.9 Å². The van der Waals surface area contributed by atoms with Crippen molar-refractivity contribution in [1.82, 2.24) is 45.3 Å². The Balaban J connectivity index is 1.51. The van der Waals surface area contributed by atoms with Crippen LogP contribution in [0, 0.1) is 5.82 Å². The summed E-state index contributed by atoms with van der Waals surface area (Å²) in [5.74, 6) is -0.962. The van der Waals surface area contributed by atoms with Crippen molar-refractivity contribution in [3.8, 4) is 28.2 Å². The van der Waals surface area contributed by atoms with Gasteiger partial charge in [-0.25, -0.2) is 9.07 Å². The molecule has 0 radical (unpaired) electrons. The first-order chi connectivity index (χ1) is 20.4. The number of benzene rings is 1. The molecule has 0 unspecified atom stereocenters. The molecule has 4 aromatic heterocycles. The van der Waals surface area contributed by atoms with Gasteiger partial charge in [-0.15, -0.1) is 14.9 Å². The zero-order chi connectivity index (χ0) is 30.9. The van der Waals surface area contributed by atoms with Crippen LogP contribution in [0.3, 0.4) is 0 Å². The van der Waals surface area contributed by atoms with Crippen molar-refractivity contribution in [2.75, 3.05) is 6.61 Å². The number of rotatable bonds is 10. The van der Waals surface area contributed by atoms with Crippen molar-refractivity contribution in [1.29, 1.82) is 0 Å². The van der Waals surface area contributed by atoms with Gasteiger partial charge >= 0.3 is 25.0 Å². The molecule has 0 saturated heterocycles. The summed E-state index contributed by atoms with van der Waals surface area (Å²) in [4.78, 5) is 4.29. The van der Waals surface area contributed by atoms with E-state index < -0.39 is 43.5 Å². The summed E-state index contributed by atoms with van der Waals surface area (Å²) in [5.41, 5.74) is -1.49.